The normalized spacial score (nSPS) is 14.9. The zero-order valence-corrected chi connectivity index (χ0v) is 15.8. The fourth-order valence-electron chi connectivity index (χ4n) is 3.13. The van der Waals surface area contributed by atoms with Gasteiger partial charge in [-0.05, 0) is 55.7 Å². The van der Waals surface area contributed by atoms with Crippen molar-refractivity contribution in [3.8, 4) is 0 Å². The van der Waals surface area contributed by atoms with E-state index < -0.39 is 10.8 Å². The molecule has 0 spiro atoms. The molecule has 0 radical (unpaired) electrons. The van der Waals surface area contributed by atoms with E-state index in [4.69, 9.17) is 0 Å². The summed E-state index contributed by atoms with van der Waals surface area (Å²) in [6.07, 6.45) is 3.63. The molecule has 2 amide bonds. The lowest BCUT2D eigenvalue weighted by molar-refractivity contribution is 0.0793. The molecule has 0 unspecified atom stereocenters. The fraction of sp³-hybridized carbons (Fsp3) is 0.300. The molecular weight excluding hydrogens is 348 g/mol. The first-order chi connectivity index (χ1) is 12.5. The molecule has 6 heteroatoms. The van der Waals surface area contributed by atoms with E-state index in [2.05, 4.69) is 5.32 Å². The Hall–Kier alpha value is -2.47. The van der Waals surface area contributed by atoms with E-state index in [-0.39, 0.29) is 11.8 Å². The van der Waals surface area contributed by atoms with Crippen LogP contribution in [0.5, 0.6) is 0 Å². The van der Waals surface area contributed by atoms with Crippen molar-refractivity contribution in [3.05, 3.63) is 59.2 Å². The summed E-state index contributed by atoms with van der Waals surface area (Å²) in [5, 5.41) is 2.86. The van der Waals surface area contributed by atoms with Crippen LogP contribution < -0.4 is 5.32 Å². The molecule has 0 aromatic heterocycles. The summed E-state index contributed by atoms with van der Waals surface area (Å²) in [6.45, 7) is 3.40. The van der Waals surface area contributed by atoms with Crippen LogP contribution in [0.4, 0.5) is 5.69 Å². The van der Waals surface area contributed by atoms with Gasteiger partial charge in [0.15, 0.2) is 0 Å². The maximum atomic E-state index is 12.9. The van der Waals surface area contributed by atoms with E-state index in [0.29, 0.717) is 21.7 Å². The zero-order chi connectivity index (χ0) is 18.7. The molecule has 1 heterocycles. The average Bonchev–Trinajstić information content (AvgIpc) is 3.16. The summed E-state index contributed by atoms with van der Waals surface area (Å²) in [7, 11) is -1.08. The lowest BCUT2D eigenvalue weighted by atomic mass is 10.0. The highest BCUT2D eigenvalue weighted by Crippen LogP contribution is 2.24. The molecule has 1 atom stereocenters. The van der Waals surface area contributed by atoms with Crippen molar-refractivity contribution in [2.24, 2.45) is 0 Å². The molecule has 5 nitrogen and oxygen atoms in total. The molecule has 1 saturated heterocycles. The van der Waals surface area contributed by atoms with E-state index in [9.17, 15) is 13.8 Å². The maximum Gasteiger partial charge on any atom is 0.256 e. The van der Waals surface area contributed by atoms with Gasteiger partial charge in [-0.15, -0.1) is 0 Å². The first kappa shape index (κ1) is 18.3. The highest BCUT2D eigenvalue weighted by atomic mass is 32.2. The van der Waals surface area contributed by atoms with Crippen molar-refractivity contribution in [2.75, 3.05) is 24.7 Å². The number of aryl methyl sites for hydroxylation is 1. The first-order valence-electron chi connectivity index (χ1n) is 8.61. The summed E-state index contributed by atoms with van der Waals surface area (Å²) in [6, 6.07) is 12.1. The predicted molar refractivity (Wildman–Crippen MR) is 103 cm³/mol. The monoisotopic (exact) mass is 370 g/mol. The second-order valence-electron chi connectivity index (χ2n) is 6.43. The van der Waals surface area contributed by atoms with Gasteiger partial charge in [-0.25, -0.2) is 0 Å². The Morgan fingerprint density at radius 1 is 1.04 bits per heavy atom. The van der Waals surface area contributed by atoms with Gasteiger partial charge in [0.2, 0.25) is 0 Å². The van der Waals surface area contributed by atoms with Gasteiger partial charge in [0.05, 0.1) is 11.3 Å². The van der Waals surface area contributed by atoms with Gasteiger partial charge < -0.3 is 10.2 Å². The Kier molecular flexibility index (Phi) is 5.52. The van der Waals surface area contributed by atoms with E-state index >= 15 is 0 Å². The summed E-state index contributed by atoms with van der Waals surface area (Å²) >= 11 is 0. The third-order valence-corrected chi connectivity index (χ3v) is 5.51. The van der Waals surface area contributed by atoms with Crippen LogP contribution in [0, 0.1) is 6.92 Å². The first-order valence-corrected chi connectivity index (χ1v) is 10.2. The van der Waals surface area contributed by atoms with Crippen molar-refractivity contribution in [3.63, 3.8) is 0 Å². The molecule has 1 N–H and O–H groups in total. The number of hydrogen-bond donors (Lipinski definition) is 1. The fourth-order valence-corrected chi connectivity index (χ4v) is 3.65. The van der Waals surface area contributed by atoms with Crippen LogP contribution in [0.25, 0.3) is 0 Å². The van der Waals surface area contributed by atoms with Gasteiger partial charge >= 0.3 is 0 Å². The minimum absolute atomic E-state index is 0.0346. The quantitative estimate of drug-likeness (QED) is 0.899. The molecule has 26 heavy (non-hydrogen) atoms. The van der Waals surface area contributed by atoms with Crippen LogP contribution in [-0.2, 0) is 10.8 Å². The number of nitrogens with zero attached hydrogens (tertiary/aromatic N) is 1. The lowest BCUT2D eigenvalue weighted by Crippen LogP contribution is -2.29. The van der Waals surface area contributed by atoms with E-state index in [1.54, 1.807) is 36.6 Å². The zero-order valence-electron chi connectivity index (χ0n) is 15.0. The van der Waals surface area contributed by atoms with Crippen LogP contribution in [0.15, 0.2) is 47.4 Å². The number of carbonyl (C=O) groups is 2. The van der Waals surface area contributed by atoms with Crippen molar-refractivity contribution < 1.29 is 13.8 Å². The minimum atomic E-state index is -1.08. The standard InChI is InChI=1S/C20H22N2O3S/c1-14-6-5-7-17(18(14)20(24)22-12-3-4-13-22)21-19(23)15-8-10-16(11-9-15)26(2)25/h5-11H,3-4,12-13H2,1-2H3,(H,21,23)/t26-/m0/s1. The van der Waals surface area contributed by atoms with Gasteiger partial charge in [-0.2, -0.15) is 0 Å². The van der Waals surface area contributed by atoms with Crippen molar-refractivity contribution >= 4 is 28.3 Å². The SMILES string of the molecule is Cc1cccc(NC(=O)c2ccc([S@](C)=O)cc2)c1C(=O)N1CCCC1. The number of amides is 2. The van der Waals surface area contributed by atoms with E-state index in [1.807, 2.05) is 24.0 Å². The number of hydrogen-bond acceptors (Lipinski definition) is 3. The molecule has 1 aliphatic rings. The molecule has 0 saturated carbocycles. The number of carbonyl (C=O) groups excluding carboxylic acids is 2. The van der Waals surface area contributed by atoms with Gasteiger partial charge in [-0.1, -0.05) is 12.1 Å². The van der Waals surface area contributed by atoms with Crippen LogP contribution in [0.3, 0.4) is 0 Å². The van der Waals surface area contributed by atoms with Gasteiger partial charge in [-0.3, -0.25) is 13.8 Å². The number of anilines is 1. The van der Waals surface area contributed by atoms with Crippen LogP contribution in [-0.4, -0.2) is 40.3 Å². The largest absolute Gasteiger partial charge is 0.339 e. The van der Waals surface area contributed by atoms with Gasteiger partial charge in [0.1, 0.15) is 0 Å². The Bertz CT molecular complexity index is 856. The number of rotatable bonds is 4. The predicted octanol–water partition coefficient (Wildman–Crippen LogP) is 3.22. The number of benzene rings is 2. The smallest absolute Gasteiger partial charge is 0.256 e. The Labute approximate surface area is 155 Å². The minimum Gasteiger partial charge on any atom is -0.339 e. The molecule has 2 aromatic carbocycles. The second-order valence-corrected chi connectivity index (χ2v) is 7.81. The van der Waals surface area contributed by atoms with E-state index in [0.717, 1.165) is 31.5 Å². The molecular formula is C20H22N2O3S. The van der Waals surface area contributed by atoms with E-state index in [1.165, 1.54) is 0 Å². The Morgan fingerprint density at radius 3 is 2.31 bits per heavy atom. The molecule has 136 valence electrons. The number of likely N-dealkylation sites (tertiary alicyclic amines) is 1. The summed E-state index contributed by atoms with van der Waals surface area (Å²) in [5.41, 5.74) is 2.38. The summed E-state index contributed by atoms with van der Waals surface area (Å²) in [5.74, 6) is -0.327. The van der Waals surface area contributed by atoms with Gasteiger partial charge in [0.25, 0.3) is 11.8 Å². The van der Waals surface area contributed by atoms with Crippen LogP contribution >= 0.6 is 0 Å². The summed E-state index contributed by atoms with van der Waals surface area (Å²) < 4.78 is 11.5. The molecule has 1 aliphatic heterocycles. The number of nitrogens with one attached hydrogen (secondary N) is 1. The average molecular weight is 370 g/mol. The second kappa shape index (κ2) is 7.83. The topological polar surface area (TPSA) is 66.5 Å². The lowest BCUT2D eigenvalue weighted by Gasteiger charge is -2.19. The van der Waals surface area contributed by atoms with Crippen LogP contribution in [0.2, 0.25) is 0 Å². The third-order valence-electron chi connectivity index (χ3n) is 4.58. The highest BCUT2D eigenvalue weighted by molar-refractivity contribution is 7.84. The molecule has 0 bridgehead atoms. The Morgan fingerprint density at radius 2 is 1.69 bits per heavy atom. The summed E-state index contributed by atoms with van der Waals surface area (Å²) in [4.78, 5) is 28.0. The van der Waals surface area contributed by atoms with Crippen molar-refractivity contribution in [1.29, 1.82) is 0 Å². The molecule has 2 aromatic rings. The van der Waals surface area contributed by atoms with Crippen LogP contribution in [0.1, 0.15) is 39.1 Å². The molecule has 3 rings (SSSR count). The molecule has 1 fully saturated rings. The maximum absolute atomic E-state index is 12.9. The third kappa shape index (κ3) is 3.85. The van der Waals surface area contributed by atoms with Crippen molar-refractivity contribution in [2.45, 2.75) is 24.7 Å². The highest BCUT2D eigenvalue weighted by Gasteiger charge is 2.24. The van der Waals surface area contributed by atoms with Crippen molar-refractivity contribution in [1.82, 2.24) is 4.90 Å². The Balaban J connectivity index is 1.85. The molecule has 0 aliphatic carbocycles. The van der Waals surface area contributed by atoms with Gasteiger partial charge in [0, 0.05) is 40.6 Å².